The van der Waals surface area contributed by atoms with Gasteiger partial charge in [0.05, 0.1) is 18.3 Å². The minimum Gasteiger partial charge on any atom is -0.497 e. The van der Waals surface area contributed by atoms with Crippen molar-refractivity contribution in [2.45, 2.75) is 32.3 Å². The number of nitrogens with one attached hydrogen (secondary N) is 1. The summed E-state index contributed by atoms with van der Waals surface area (Å²) in [5.74, 6) is 0.385. The topological polar surface area (TPSA) is 58.6 Å². The van der Waals surface area contributed by atoms with Gasteiger partial charge in [-0.3, -0.25) is 4.79 Å². The first-order valence-electron chi connectivity index (χ1n) is 6.23. The SMILES string of the molecule is CCCC(C)(O)CNC(=O)c1cc(OC)ccc1Br. The monoisotopic (exact) mass is 329 g/mol. The molecule has 0 aliphatic rings. The minimum atomic E-state index is -0.879. The van der Waals surface area contributed by atoms with Crippen LogP contribution in [0.25, 0.3) is 0 Å². The van der Waals surface area contributed by atoms with Crippen LogP contribution in [0.3, 0.4) is 0 Å². The van der Waals surface area contributed by atoms with Gasteiger partial charge in [-0.2, -0.15) is 0 Å². The summed E-state index contributed by atoms with van der Waals surface area (Å²) in [4.78, 5) is 12.1. The fourth-order valence-corrected chi connectivity index (χ4v) is 2.22. The van der Waals surface area contributed by atoms with E-state index >= 15 is 0 Å². The van der Waals surface area contributed by atoms with Crippen molar-refractivity contribution in [3.63, 3.8) is 0 Å². The Bertz CT molecular complexity index is 446. The average Bonchev–Trinajstić information content (AvgIpc) is 2.36. The van der Waals surface area contributed by atoms with Crippen molar-refractivity contribution in [3.05, 3.63) is 28.2 Å². The highest BCUT2D eigenvalue weighted by molar-refractivity contribution is 9.10. The molecule has 1 aromatic rings. The Labute approximate surface area is 122 Å². The molecule has 0 aromatic heterocycles. The Balaban J connectivity index is 2.73. The van der Waals surface area contributed by atoms with Crippen LogP contribution in [0, 0.1) is 0 Å². The molecular weight excluding hydrogens is 310 g/mol. The summed E-state index contributed by atoms with van der Waals surface area (Å²) in [6.45, 7) is 3.94. The average molecular weight is 330 g/mol. The van der Waals surface area contributed by atoms with E-state index in [1.807, 2.05) is 6.92 Å². The number of amides is 1. The smallest absolute Gasteiger partial charge is 0.252 e. The highest BCUT2D eigenvalue weighted by Gasteiger charge is 2.21. The van der Waals surface area contributed by atoms with Crippen LogP contribution in [0.2, 0.25) is 0 Å². The normalized spacial score (nSPS) is 13.7. The first-order valence-corrected chi connectivity index (χ1v) is 7.03. The lowest BCUT2D eigenvalue weighted by molar-refractivity contribution is 0.0469. The van der Waals surface area contributed by atoms with Gasteiger partial charge in [-0.05, 0) is 47.5 Å². The van der Waals surface area contributed by atoms with E-state index in [1.54, 1.807) is 32.2 Å². The van der Waals surface area contributed by atoms with E-state index in [2.05, 4.69) is 21.2 Å². The number of hydrogen-bond acceptors (Lipinski definition) is 3. The molecule has 0 fully saturated rings. The van der Waals surface area contributed by atoms with Crippen molar-refractivity contribution in [1.29, 1.82) is 0 Å². The summed E-state index contributed by atoms with van der Waals surface area (Å²) in [5.41, 5.74) is -0.387. The fourth-order valence-electron chi connectivity index (χ4n) is 1.80. The van der Waals surface area contributed by atoms with Crippen LogP contribution in [0.1, 0.15) is 37.0 Å². The number of carbonyl (C=O) groups is 1. The van der Waals surface area contributed by atoms with Gasteiger partial charge in [0.1, 0.15) is 5.75 Å². The van der Waals surface area contributed by atoms with Crippen LogP contribution in [0.15, 0.2) is 22.7 Å². The standard InChI is InChI=1S/C14H20BrNO3/c1-4-7-14(2,18)9-16-13(17)11-8-10(19-3)5-6-12(11)15/h5-6,8,18H,4,7,9H2,1-3H3,(H,16,17). The van der Waals surface area contributed by atoms with Crippen LogP contribution in [0.4, 0.5) is 0 Å². The second-order valence-corrected chi connectivity index (χ2v) is 5.63. The summed E-state index contributed by atoms with van der Waals surface area (Å²) in [5, 5.41) is 12.8. The predicted molar refractivity (Wildman–Crippen MR) is 78.6 cm³/mol. The zero-order valence-corrected chi connectivity index (χ0v) is 13.1. The maximum atomic E-state index is 12.1. The number of halogens is 1. The third-order valence-corrected chi connectivity index (χ3v) is 3.53. The van der Waals surface area contributed by atoms with Gasteiger partial charge in [-0.1, -0.05) is 13.3 Å². The molecule has 1 unspecified atom stereocenters. The third kappa shape index (κ3) is 4.84. The molecule has 0 heterocycles. The lowest BCUT2D eigenvalue weighted by atomic mass is 10.0. The Hall–Kier alpha value is -1.07. The summed E-state index contributed by atoms with van der Waals surface area (Å²) < 4.78 is 5.79. The van der Waals surface area contributed by atoms with Crippen molar-refractivity contribution >= 4 is 21.8 Å². The number of ether oxygens (including phenoxy) is 1. The molecule has 0 aliphatic carbocycles. The van der Waals surface area contributed by atoms with Crippen LogP contribution in [0.5, 0.6) is 5.75 Å². The van der Waals surface area contributed by atoms with E-state index in [9.17, 15) is 9.90 Å². The molecule has 1 aromatic carbocycles. The quantitative estimate of drug-likeness (QED) is 0.843. The van der Waals surface area contributed by atoms with E-state index in [-0.39, 0.29) is 12.5 Å². The lowest BCUT2D eigenvalue weighted by Crippen LogP contribution is -2.40. The Kier molecular flexibility index (Phi) is 5.82. The molecular formula is C14H20BrNO3. The number of rotatable bonds is 6. The summed E-state index contributed by atoms with van der Waals surface area (Å²) in [6.07, 6.45) is 1.51. The van der Waals surface area contributed by atoms with Gasteiger partial charge < -0.3 is 15.2 Å². The molecule has 1 amide bonds. The van der Waals surface area contributed by atoms with Crippen molar-refractivity contribution in [2.75, 3.05) is 13.7 Å². The molecule has 0 radical (unpaired) electrons. The van der Waals surface area contributed by atoms with Crippen molar-refractivity contribution < 1.29 is 14.6 Å². The van der Waals surface area contributed by atoms with E-state index in [1.165, 1.54) is 0 Å². The first kappa shape index (κ1) is 16.0. The Morgan fingerprint density at radius 1 is 1.53 bits per heavy atom. The fraction of sp³-hybridized carbons (Fsp3) is 0.500. The number of hydrogen-bond donors (Lipinski definition) is 2. The molecule has 1 atom stereocenters. The van der Waals surface area contributed by atoms with Crippen LogP contribution >= 0.6 is 15.9 Å². The Morgan fingerprint density at radius 2 is 2.21 bits per heavy atom. The summed E-state index contributed by atoms with van der Waals surface area (Å²) >= 11 is 3.33. The Morgan fingerprint density at radius 3 is 2.79 bits per heavy atom. The van der Waals surface area contributed by atoms with E-state index in [0.717, 1.165) is 6.42 Å². The van der Waals surface area contributed by atoms with Gasteiger partial charge in [-0.25, -0.2) is 0 Å². The number of aliphatic hydroxyl groups is 1. The molecule has 0 bridgehead atoms. The van der Waals surface area contributed by atoms with E-state index < -0.39 is 5.60 Å². The van der Waals surface area contributed by atoms with Crippen molar-refractivity contribution in [1.82, 2.24) is 5.32 Å². The van der Waals surface area contributed by atoms with Gasteiger partial charge in [0, 0.05) is 11.0 Å². The zero-order valence-electron chi connectivity index (χ0n) is 11.5. The summed E-state index contributed by atoms with van der Waals surface area (Å²) in [7, 11) is 1.55. The van der Waals surface area contributed by atoms with Gasteiger partial charge in [-0.15, -0.1) is 0 Å². The van der Waals surface area contributed by atoms with Gasteiger partial charge in [0.25, 0.3) is 5.91 Å². The van der Waals surface area contributed by atoms with E-state index in [4.69, 9.17) is 4.74 Å². The van der Waals surface area contributed by atoms with Gasteiger partial charge in [0.15, 0.2) is 0 Å². The molecule has 5 heteroatoms. The molecule has 106 valence electrons. The molecule has 0 saturated heterocycles. The predicted octanol–water partition coefficient (Wildman–Crippen LogP) is 2.74. The lowest BCUT2D eigenvalue weighted by Gasteiger charge is -2.23. The number of benzene rings is 1. The summed E-state index contributed by atoms with van der Waals surface area (Å²) in [6, 6.07) is 5.19. The number of methoxy groups -OCH3 is 1. The highest BCUT2D eigenvalue weighted by Crippen LogP contribution is 2.22. The first-order chi connectivity index (χ1) is 8.89. The third-order valence-electron chi connectivity index (χ3n) is 2.84. The molecule has 0 saturated carbocycles. The number of carbonyl (C=O) groups excluding carboxylic acids is 1. The van der Waals surface area contributed by atoms with Gasteiger partial charge in [0.2, 0.25) is 0 Å². The van der Waals surface area contributed by atoms with Crippen LogP contribution in [-0.2, 0) is 0 Å². The maximum Gasteiger partial charge on any atom is 0.252 e. The second kappa shape index (κ2) is 6.91. The van der Waals surface area contributed by atoms with Crippen LogP contribution < -0.4 is 10.1 Å². The van der Waals surface area contributed by atoms with Gasteiger partial charge >= 0.3 is 0 Å². The maximum absolute atomic E-state index is 12.1. The largest absolute Gasteiger partial charge is 0.497 e. The van der Waals surface area contributed by atoms with E-state index in [0.29, 0.717) is 22.2 Å². The molecule has 4 nitrogen and oxygen atoms in total. The molecule has 0 aliphatic heterocycles. The molecule has 19 heavy (non-hydrogen) atoms. The highest BCUT2D eigenvalue weighted by atomic mass is 79.9. The minimum absolute atomic E-state index is 0.226. The van der Waals surface area contributed by atoms with Crippen molar-refractivity contribution in [2.24, 2.45) is 0 Å². The molecule has 2 N–H and O–H groups in total. The zero-order chi connectivity index (χ0) is 14.5. The van der Waals surface area contributed by atoms with Crippen LogP contribution in [-0.4, -0.2) is 30.3 Å². The molecule has 1 rings (SSSR count). The molecule has 0 spiro atoms. The second-order valence-electron chi connectivity index (χ2n) is 4.78. The van der Waals surface area contributed by atoms with Crippen molar-refractivity contribution in [3.8, 4) is 5.75 Å².